The Morgan fingerprint density at radius 1 is 1.17 bits per heavy atom. The summed E-state index contributed by atoms with van der Waals surface area (Å²) in [5.74, 6) is -0.153. The highest BCUT2D eigenvalue weighted by molar-refractivity contribution is 7.89. The van der Waals surface area contributed by atoms with E-state index in [0.29, 0.717) is 30.8 Å². The Kier molecular flexibility index (Phi) is 6.39. The van der Waals surface area contributed by atoms with Gasteiger partial charge in [-0.05, 0) is 64.3 Å². The van der Waals surface area contributed by atoms with Crippen LogP contribution in [-0.2, 0) is 14.8 Å². The number of hydrogen-bond acceptors (Lipinski definition) is 4. The van der Waals surface area contributed by atoms with Crippen molar-refractivity contribution in [1.29, 1.82) is 0 Å². The lowest BCUT2D eigenvalue weighted by Crippen LogP contribution is -2.46. The Bertz CT molecular complexity index is 966. The summed E-state index contributed by atoms with van der Waals surface area (Å²) in [6.07, 6.45) is 4.42. The van der Waals surface area contributed by atoms with Crippen molar-refractivity contribution in [3.05, 3.63) is 53.9 Å². The number of anilines is 1. The molecule has 3 rings (SSSR count). The number of amides is 1. The standard InChI is InChI=1S/C22H29N3O3S/c1-16(2)25(20-6-5-11-23-15-20)22(26)19-9-12-24(13-10-19)29(27,28)21-8-7-17(3)14-18(21)4/h5-8,11,14-16,19H,9-10,12-13H2,1-4H3. The molecule has 1 aromatic carbocycles. The maximum absolute atomic E-state index is 13.2. The molecular weight excluding hydrogens is 386 g/mol. The van der Waals surface area contributed by atoms with E-state index in [1.54, 1.807) is 23.4 Å². The van der Waals surface area contributed by atoms with Gasteiger partial charge in [-0.3, -0.25) is 9.78 Å². The topological polar surface area (TPSA) is 70.6 Å². The zero-order valence-corrected chi connectivity index (χ0v) is 18.3. The number of pyridine rings is 1. The van der Waals surface area contributed by atoms with Gasteiger partial charge in [0.1, 0.15) is 0 Å². The third-order valence-corrected chi connectivity index (χ3v) is 7.49. The van der Waals surface area contributed by atoms with E-state index in [-0.39, 0.29) is 17.9 Å². The summed E-state index contributed by atoms with van der Waals surface area (Å²) in [6.45, 7) is 8.43. The SMILES string of the molecule is Cc1ccc(S(=O)(=O)N2CCC(C(=O)N(c3cccnc3)C(C)C)CC2)c(C)c1. The number of carbonyl (C=O) groups excluding carboxylic acids is 1. The van der Waals surface area contributed by atoms with E-state index in [0.717, 1.165) is 16.8 Å². The summed E-state index contributed by atoms with van der Waals surface area (Å²) in [5, 5.41) is 0. The molecule has 156 valence electrons. The predicted molar refractivity (Wildman–Crippen MR) is 114 cm³/mol. The zero-order chi connectivity index (χ0) is 21.2. The summed E-state index contributed by atoms with van der Waals surface area (Å²) < 4.78 is 27.7. The van der Waals surface area contributed by atoms with E-state index in [1.165, 1.54) is 4.31 Å². The molecule has 0 bridgehead atoms. The fourth-order valence-corrected chi connectivity index (χ4v) is 5.62. The highest BCUT2D eigenvalue weighted by Gasteiger charge is 2.35. The first-order chi connectivity index (χ1) is 13.7. The van der Waals surface area contributed by atoms with Crippen LogP contribution in [0.25, 0.3) is 0 Å². The lowest BCUT2D eigenvalue weighted by Gasteiger charge is -2.35. The molecule has 7 heteroatoms. The highest BCUT2D eigenvalue weighted by Crippen LogP contribution is 2.29. The normalized spacial score (nSPS) is 16.2. The number of nitrogens with zero attached hydrogens (tertiary/aromatic N) is 3. The number of rotatable bonds is 5. The highest BCUT2D eigenvalue weighted by atomic mass is 32.2. The van der Waals surface area contributed by atoms with Crippen molar-refractivity contribution in [3.8, 4) is 0 Å². The van der Waals surface area contributed by atoms with Crippen LogP contribution in [-0.4, -0.2) is 42.7 Å². The molecule has 0 radical (unpaired) electrons. The molecule has 1 fully saturated rings. The number of hydrogen-bond donors (Lipinski definition) is 0. The fourth-order valence-electron chi connectivity index (χ4n) is 3.94. The van der Waals surface area contributed by atoms with Crippen LogP contribution in [0.4, 0.5) is 5.69 Å². The maximum atomic E-state index is 13.2. The summed E-state index contributed by atoms with van der Waals surface area (Å²) in [6, 6.07) is 9.09. The average Bonchev–Trinajstić information content (AvgIpc) is 2.68. The molecule has 1 aromatic heterocycles. The van der Waals surface area contributed by atoms with Crippen LogP contribution in [0.5, 0.6) is 0 Å². The van der Waals surface area contributed by atoms with Crippen LogP contribution in [0.3, 0.4) is 0 Å². The van der Waals surface area contributed by atoms with E-state index < -0.39 is 10.0 Å². The quantitative estimate of drug-likeness (QED) is 0.749. The van der Waals surface area contributed by atoms with Gasteiger partial charge in [-0.25, -0.2) is 8.42 Å². The molecular formula is C22H29N3O3S. The molecule has 0 unspecified atom stereocenters. The lowest BCUT2D eigenvalue weighted by atomic mass is 9.95. The smallest absolute Gasteiger partial charge is 0.243 e. The van der Waals surface area contributed by atoms with Crippen LogP contribution < -0.4 is 4.90 Å². The van der Waals surface area contributed by atoms with Gasteiger partial charge >= 0.3 is 0 Å². The second kappa shape index (κ2) is 8.63. The molecule has 0 saturated carbocycles. The minimum atomic E-state index is -3.55. The Hall–Kier alpha value is -2.25. The van der Waals surface area contributed by atoms with Gasteiger partial charge in [0.05, 0.1) is 16.8 Å². The Morgan fingerprint density at radius 3 is 2.41 bits per heavy atom. The van der Waals surface area contributed by atoms with E-state index in [4.69, 9.17) is 0 Å². The maximum Gasteiger partial charge on any atom is 0.243 e. The lowest BCUT2D eigenvalue weighted by molar-refractivity contribution is -0.123. The molecule has 6 nitrogen and oxygen atoms in total. The summed E-state index contributed by atoms with van der Waals surface area (Å²) >= 11 is 0. The number of benzene rings is 1. The van der Waals surface area contributed by atoms with Gasteiger partial charge in [-0.1, -0.05) is 17.7 Å². The minimum Gasteiger partial charge on any atom is -0.308 e. The van der Waals surface area contributed by atoms with E-state index in [9.17, 15) is 13.2 Å². The number of aromatic nitrogens is 1. The molecule has 1 aliphatic rings. The van der Waals surface area contributed by atoms with Crippen molar-refractivity contribution in [2.75, 3.05) is 18.0 Å². The predicted octanol–water partition coefficient (Wildman–Crippen LogP) is 3.54. The largest absolute Gasteiger partial charge is 0.308 e. The van der Waals surface area contributed by atoms with Crippen LogP contribution in [0.1, 0.15) is 37.8 Å². The van der Waals surface area contributed by atoms with Gasteiger partial charge in [-0.2, -0.15) is 4.31 Å². The molecule has 0 aliphatic carbocycles. The molecule has 0 N–H and O–H groups in total. The third-order valence-electron chi connectivity index (χ3n) is 5.43. The van der Waals surface area contributed by atoms with Gasteiger partial charge in [0, 0.05) is 31.2 Å². The van der Waals surface area contributed by atoms with Crippen molar-refractivity contribution in [2.45, 2.75) is 51.5 Å². The first-order valence-electron chi connectivity index (χ1n) is 10.0. The number of carbonyl (C=O) groups is 1. The van der Waals surface area contributed by atoms with E-state index in [2.05, 4.69) is 4.98 Å². The number of piperidine rings is 1. The molecule has 29 heavy (non-hydrogen) atoms. The molecule has 1 amide bonds. The summed E-state index contributed by atoms with van der Waals surface area (Å²) in [4.78, 5) is 19.4. The van der Waals surface area contributed by atoms with Crippen LogP contribution >= 0.6 is 0 Å². The van der Waals surface area contributed by atoms with Crippen molar-refractivity contribution >= 4 is 21.6 Å². The Morgan fingerprint density at radius 2 is 1.86 bits per heavy atom. The van der Waals surface area contributed by atoms with Crippen LogP contribution in [0.2, 0.25) is 0 Å². The third kappa shape index (κ3) is 4.51. The van der Waals surface area contributed by atoms with Gasteiger partial charge < -0.3 is 4.90 Å². The molecule has 0 atom stereocenters. The summed E-state index contributed by atoms with van der Waals surface area (Å²) in [7, 11) is -3.55. The van der Waals surface area contributed by atoms with Crippen LogP contribution in [0.15, 0.2) is 47.6 Å². The minimum absolute atomic E-state index is 0.00340. The fraction of sp³-hybridized carbons (Fsp3) is 0.455. The van der Waals surface area contributed by atoms with E-state index in [1.807, 2.05) is 52.0 Å². The molecule has 2 aromatic rings. The zero-order valence-electron chi connectivity index (χ0n) is 17.5. The van der Waals surface area contributed by atoms with E-state index >= 15 is 0 Å². The number of aryl methyl sites for hydroxylation is 2. The van der Waals surface area contributed by atoms with Gasteiger partial charge in [0.25, 0.3) is 0 Å². The first-order valence-corrected chi connectivity index (χ1v) is 11.5. The Labute approximate surface area is 173 Å². The van der Waals surface area contributed by atoms with Gasteiger partial charge in [0.15, 0.2) is 0 Å². The molecule has 1 aliphatic heterocycles. The second-order valence-electron chi connectivity index (χ2n) is 7.96. The van der Waals surface area contributed by atoms with Crippen molar-refractivity contribution in [2.24, 2.45) is 5.92 Å². The van der Waals surface area contributed by atoms with Gasteiger partial charge in [-0.15, -0.1) is 0 Å². The molecule has 0 spiro atoms. The molecule has 1 saturated heterocycles. The van der Waals surface area contributed by atoms with Gasteiger partial charge in [0.2, 0.25) is 15.9 Å². The van der Waals surface area contributed by atoms with Crippen molar-refractivity contribution < 1.29 is 13.2 Å². The second-order valence-corrected chi connectivity index (χ2v) is 9.87. The van der Waals surface area contributed by atoms with Crippen molar-refractivity contribution in [1.82, 2.24) is 9.29 Å². The summed E-state index contributed by atoms with van der Waals surface area (Å²) in [5.41, 5.74) is 2.57. The monoisotopic (exact) mass is 415 g/mol. The average molecular weight is 416 g/mol. The molecule has 2 heterocycles. The van der Waals surface area contributed by atoms with Crippen LogP contribution in [0, 0.1) is 19.8 Å². The Balaban J connectivity index is 1.73. The first kappa shape index (κ1) is 21.5. The van der Waals surface area contributed by atoms with Crippen molar-refractivity contribution in [3.63, 3.8) is 0 Å². The number of sulfonamides is 1.